The van der Waals surface area contributed by atoms with Gasteiger partial charge in [0.2, 0.25) is 5.91 Å². The van der Waals surface area contributed by atoms with Crippen LogP contribution < -0.4 is 5.32 Å². The normalized spacial score (nSPS) is 20.5. The molecule has 1 N–H and O–H groups in total. The Bertz CT molecular complexity index is 315. The summed E-state index contributed by atoms with van der Waals surface area (Å²) in [7, 11) is 0. The van der Waals surface area contributed by atoms with Crippen LogP contribution in [0.1, 0.15) is 6.92 Å². The number of esters is 1. The van der Waals surface area contributed by atoms with Gasteiger partial charge in [-0.25, -0.2) is 4.79 Å². The van der Waals surface area contributed by atoms with E-state index in [9.17, 15) is 14.4 Å². The third-order valence-corrected chi connectivity index (χ3v) is 2.77. The van der Waals surface area contributed by atoms with E-state index in [0.717, 1.165) is 11.8 Å². The second-order valence-corrected chi connectivity index (χ2v) is 4.14. The monoisotopic (exact) mass is 233 g/mol. The number of carbonyl (C=O) groups excluding carboxylic acids is 3. The molecule has 0 saturated carbocycles. The maximum atomic E-state index is 11.3. The molecule has 0 spiro atoms. The lowest BCUT2D eigenvalue weighted by Gasteiger charge is -2.02. The number of amides is 1. The van der Waals surface area contributed by atoms with Crippen molar-refractivity contribution in [3.8, 4) is 0 Å². The zero-order valence-electron chi connectivity index (χ0n) is 7.23. The lowest BCUT2D eigenvalue weighted by atomic mass is 10.2. The molecular weight excluding hydrogens is 226 g/mol. The number of Topliss-reactive ketones (excluding diaryl/α,β-unsaturated/α-hetero) is 1. The minimum atomic E-state index is -1.08. The summed E-state index contributed by atoms with van der Waals surface area (Å²) in [6.45, 7) is 1.69. The van der Waals surface area contributed by atoms with E-state index in [1.807, 2.05) is 0 Å². The Morgan fingerprint density at radius 3 is 2.71 bits per heavy atom. The Morgan fingerprint density at radius 1 is 1.64 bits per heavy atom. The van der Waals surface area contributed by atoms with Gasteiger partial charge in [0.15, 0.2) is 5.25 Å². The average molecular weight is 233 g/mol. The topological polar surface area (TPSA) is 72.5 Å². The van der Waals surface area contributed by atoms with Gasteiger partial charge in [0.05, 0.1) is 6.61 Å². The van der Waals surface area contributed by atoms with Gasteiger partial charge in [0.1, 0.15) is 4.32 Å². The molecule has 1 fully saturated rings. The number of hydrogen-bond acceptors (Lipinski definition) is 6. The van der Waals surface area contributed by atoms with E-state index in [2.05, 4.69) is 22.3 Å². The molecule has 0 radical (unpaired) electrons. The first-order valence-corrected chi connectivity index (χ1v) is 5.07. The molecule has 1 saturated heterocycles. The third-order valence-electron chi connectivity index (χ3n) is 1.40. The third kappa shape index (κ3) is 2.30. The molecule has 14 heavy (non-hydrogen) atoms. The first-order chi connectivity index (χ1) is 6.56. The quantitative estimate of drug-likeness (QED) is 0.310. The SMILES string of the molecule is CCOC(=O)C(=O)C1SC(=S)NC1=O. The van der Waals surface area contributed by atoms with Gasteiger partial charge in [-0.1, -0.05) is 24.0 Å². The Kier molecular flexibility index (Phi) is 3.59. The molecule has 1 unspecified atom stereocenters. The summed E-state index contributed by atoms with van der Waals surface area (Å²) < 4.78 is 4.68. The van der Waals surface area contributed by atoms with Crippen LogP contribution in [0.3, 0.4) is 0 Å². The molecule has 1 atom stereocenters. The van der Waals surface area contributed by atoms with Gasteiger partial charge in [-0.15, -0.1) is 0 Å². The number of nitrogens with one attached hydrogen (secondary N) is 1. The zero-order valence-corrected chi connectivity index (χ0v) is 8.87. The zero-order chi connectivity index (χ0) is 10.7. The highest BCUT2D eigenvalue weighted by atomic mass is 32.2. The molecule has 1 rings (SSSR count). The second-order valence-electron chi connectivity index (χ2n) is 2.36. The predicted octanol–water partition coefficient (Wildman–Crippen LogP) is -0.365. The van der Waals surface area contributed by atoms with Gasteiger partial charge >= 0.3 is 5.97 Å². The first kappa shape index (κ1) is 11.1. The van der Waals surface area contributed by atoms with Crippen LogP contribution in [-0.2, 0) is 19.1 Å². The number of ether oxygens (including phenoxy) is 1. The Morgan fingerprint density at radius 2 is 2.29 bits per heavy atom. The molecule has 0 bridgehead atoms. The number of thiocarbonyl (C=S) groups is 1. The minimum absolute atomic E-state index is 0.105. The lowest BCUT2D eigenvalue weighted by molar-refractivity contribution is -0.154. The van der Waals surface area contributed by atoms with Crippen LogP contribution in [0.25, 0.3) is 0 Å². The number of thioether (sulfide) groups is 1. The van der Waals surface area contributed by atoms with Gasteiger partial charge < -0.3 is 10.1 Å². The van der Waals surface area contributed by atoms with Gasteiger partial charge in [-0.05, 0) is 6.92 Å². The molecule has 1 amide bonds. The van der Waals surface area contributed by atoms with E-state index in [4.69, 9.17) is 0 Å². The molecule has 0 aromatic rings. The number of hydrogen-bond donors (Lipinski definition) is 1. The van der Waals surface area contributed by atoms with Crippen LogP contribution in [0, 0.1) is 0 Å². The lowest BCUT2D eigenvalue weighted by Crippen LogP contribution is -2.35. The standard InChI is InChI=1S/C7H7NO4S2/c1-2-12-6(11)3(9)4-5(10)8-7(13)14-4/h4H,2H2,1H3,(H,8,10,13). The molecule has 76 valence electrons. The van der Waals surface area contributed by atoms with E-state index < -0.39 is 22.9 Å². The summed E-state index contributed by atoms with van der Waals surface area (Å²) in [5, 5.41) is 1.19. The van der Waals surface area contributed by atoms with Gasteiger partial charge in [0.25, 0.3) is 5.78 Å². The van der Waals surface area contributed by atoms with Crippen LogP contribution in [0.2, 0.25) is 0 Å². The van der Waals surface area contributed by atoms with Crippen LogP contribution >= 0.6 is 24.0 Å². The average Bonchev–Trinajstić information content (AvgIpc) is 2.44. The van der Waals surface area contributed by atoms with Crippen LogP contribution in [-0.4, -0.2) is 33.8 Å². The largest absolute Gasteiger partial charge is 0.460 e. The van der Waals surface area contributed by atoms with E-state index in [0.29, 0.717) is 0 Å². The highest BCUT2D eigenvalue weighted by molar-refractivity contribution is 8.25. The summed E-state index contributed by atoms with van der Waals surface area (Å²) in [4.78, 5) is 33.3. The summed E-state index contributed by atoms with van der Waals surface area (Å²) in [6, 6.07) is 0. The first-order valence-electron chi connectivity index (χ1n) is 3.78. The number of rotatable bonds is 3. The smallest absolute Gasteiger partial charge is 0.376 e. The summed E-state index contributed by atoms with van der Waals surface area (Å²) in [5.74, 6) is -2.42. The minimum Gasteiger partial charge on any atom is -0.460 e. The van der Waals surface area contributed by atoms with Crippen molar-refractivity contribution in [1.29, 1.82) is 0 Å². The molecular formula is C7H7NO4S2. The van der Waals surface area contributed by atoms with Gasteiger partial charge in [0, 0.05) is 0 Å². The number of carbonyl (C=O) groups is 3. The van der Waals surface area contributed by atoms with E-state index >= 15 is 0 Å². The maximum Gasteiger partial charge on any atom is 0.376 e. The summed E-state index contributed by atoms with van der Waals surface area (Å²) >= 11 is 5.53. The van der Waals surface area contributed by atoms with E-state index in [1.54, 1.807) is 6.92 Å². The Balaban J connectivity index is 2.66. The van der Waals surface area contributed by atoms with Crippen molar-refractivity contribution in [1.82, 2.24) is 5.32 Å². The summed E-state index contributed by atoms with van der Waals surface area (Å²) in [5.41, 5.74) is 0. The Labute approximate surface area is 89.6 Å². The second kappa shape index (κ2) is 4.52. The van der Waals surface area contributed by atoms with Crippen molar-refractivity contribution in [3.05, 3.63) is 0 Å². The van der Waals surface area contributed by atoms with Crippen LogP contribution in [0.15, 0.2) is 0 Å². The predicted molar refractivity (Wildman–Crippen MR) is 53.8 cm³/mol. The van der Waals surface area contributed by atoms with Crippen molar-refractivity contribution < 1.29 is 19.1 Å². The fraction of sp³-hybridized carbons (Fsp3) is 0.429. The fourth-order valence-electron chi connectivity index (χ4n) is 0.838. The maximum absolute atomic E-state index is 11.3. The van der Waals surface area contributed by atoms with Crippen molar-refractivity contribution in [2.24, 2.45) is 0 Å². The molecule has 1 heterocycles. The van der Waals surface area contributed by atoms with Crippen molar-refractivity contribution in [3.63, 3.8) is 0 Å². The molecule has 0 aliphatic carbocycles. The van der Waals surface area contributed by atoms with Crippen LogP contribution in [0.4, 0.5) is 0 Å². The van der Waals surface area contributed by atoms with Crippen molar-refractivity contribution in [2.45, 2.75) is 12.2 Å². The van der Waals surface area contributed by atoms with Crippen molar-refractivity contribution in [2.75, 3.05) is 6.61 Å². The molecule has 5 nitrogen and oxygen atoms in total. The van der Waals surface area contributed by atoms with Gasteiger partial charge in [-0.2, -0.15) is 0 Å². The highest BCUT2D eigenvalue weighted by Gasteiger charge is 2.39. The van der Waals surface area contributed by atoms with E-state index in [1.165, 1.54) is 0 Å². The molecule has 1 aliphatic rings. The summed E-state index contributed by atoms with van der Waals surface area (Å²) in [6.07, 6.45) is 0. The molecule has 7 heteroatoms. The fourth-order valence-corrected chi connectivity index (χ4v) is 1.97. The highest BCUT2D eigenvalue weighted by Crippen LogP contribution is 2.20. The van der Waals surface area contributed by atoms with E-state index in [-0.39, 0.29) is 10.9 Å². The molecule has 0 aromatic heterocycles. The van der Waals surface area contributed by atoms with Gasteiger partial charge in [-0.3, -0.25) is 9.59 Å². The molecule has 0 aromatic carbocycles. The van der Waals surface area contributed by atoms with Crippen LogP contribution in [0.5, 0.6) is 0 Å². The van der Waals surface area contributed by atoms with Crippen molar-refractivity contribution >= 4 is 46.0 Å². The molecule has 1 aliphatic heterocycles. The number of ketones is 1. The Hall–Kier alpha value is -0.950.